The Morgan fingerprint density at radius 3 is 1.63 bits per heavy atom. The van der Waals surface area contributed by atoms with Gasteiger partial charge in [-0.2, -0.15) is 0 Å². The third kappa shape index (κ3) is 17.0. The van der Waals surface area contributed by atoms with E-state index in [1.54, 1.807) is 0 Å². The maximum absolute atomic E-state index is 10.2. The molecule has 7 heteroatoms. The number of carbonyl (C=O) groups is 2. The van der Waals surface area contributed by atoms with E-state index in [2.05, 4.69) is 0 Å². The second-order valence-electron chi connectivity index (χ2n) is 3.55. The molecule has 0 radical (unpaired) electrons. The van der Waals surface area contributed by atoms with Crippen molar-refractivity contribution in [2.24, 2.45) is 0 Å². The summed E-state index contributed by atoms with van der Waals surface area (Å²) >= 11 is 0. The molecule has 0 atom stereocenters. The molecule has 0 spiro atoms. The summed E-state index contributed by atoms with van der Waals surface area (Å²) in [5.74, 6) is -0.871. The summed E-state index contributed by atoms with van der Waals surface area (Å²) in [6.45, 7) is 3.28. The van der Waals surface area contributed by atoms with Gasteiger partial charge in [0.1, 0.15) is 6.29 Å². The summed E-state index contributed by atoms with van der Waals surface area (Å²) in [6, 6.07) is 0. The molecule has 0 heterocycles. The van der Waals surface area contributed by atoms with Crippen molar-refractivity contribution in [1.29, 1.82) is 0 Å². The summed E-state index contributed by atoms with van der Waals surface area (Å²) in [4.78, 5) is 20.1. The highest BCUT2D eigenvalue weighted by atomic mass is 16.6. The summed E-state index contributed by atoms with van der Waals surface area (Å²) in [5.41, 5.74) is 0. The Hall–Kier alpha value is -1.02. The molecule has 0 saturated heterocycles. The van der Waals surface area contributed by atoms with E-state index >= 15 is 0 Å². The minimum absolute atomic E-state index is 0.00716. The van der Waals surface area contributed by atoms with Crippen molar-refractivity contribution in [2.45, 2.75) is 12.8 Å². The zero-order valence-electron chi connectivity index (χ0n) is 11.0. The molecule has 0 unspecified atom stereocenters. The van der Waals surface area contributed by atoms with Crippen LogP contribution in [0, 0.1) is 0 Å². The SMILES string of the molecule is O=CCCOCCOCCOCCOCCC(=O)O. The van der Waals surface area contributed by atoms with Crippen LogP contribution in [-0.4, -0.2) is 70.2 Å². The number of aldehydes is 1. The van der Waals surface area contributed by atoms with Gasteiger partial charge in [0.2, 0.25) is 0 Å². The average Bonchev–Trinajstić information content (AvgIpc) is 2.39. The molecule has 7 nitrogen and oxygen atoms in total. The molecule has 0 aliphatic carbocycles. The lowest BCUT2D eigenvalue weighted by molar-refractivity contribution is -0.138. The fourth-order valence-corrected chi connectivity index (χ4v) is 1.05. The Morgan fingerprint density at radius 1 is 0.789 bits per heavy atom. The van der Waals surface area contributed by atoms with Crippen LogP contribution in [0.5, 0.6) is 0 Å². The van der Waals surface area contributed by atoms with Crippen LogP contribution in [0.2, 0.25) is 0 Å². The first-order valence-corrected chi connectivity index (χ1v) is 6.23. The molecule has 0 rings (SSSR count). The predicted octanol–water partition coefficient (Wildman–Crippen LogP) is 0.117. The number of rotatable bonds is 15. The lowest BCUT2D eigenvalue weighted by Crippen LogP contribution is -2.13. The normalized spacial score (nSPS) is 10.5. The van der Waals surface area contributed by atoms with Gasteiger partial charge in [0.25, 0.3) is 0 Å². The molecular weight excluding hydrogens is 256 g/mol. The van der Waals surface area contributed by atoms with Crippen LogP contribution < -0.4 is 0 Å². The van der Waals surface area contributed by atoms with E-state index in [9.17, 15) is 9.59 Å². The van der Waals surface area contributed by atoms with Gasteiger partial charge in [0, 0.05) is 6.42 Å². The number of hydrogen-bond acceptors (Lipinski definition) is 6. The van der Waals surface area contributed by atoms with E-state index in [1.165, 1.54) is 0 Å². The van der Waals surface area contributed by atoms with E-state index < -0.39 is 5.97 Å². The van der Waals surface area contributed by atoms with Gasteiger partial charge in [-0.15, -0.1) is 0 Å². The monoisotopic (exact) mass is 278 g/mol. The molecule has 0 aromatic rings. The smallest absolute Gasteiger partial charge is 0.305 e. The topological polar surface area (TPSA) is 91.3 Å². The number of carboxylic acids is 1. The van der Waals surface area contributed by atoms with Gasteiger partial charge in [-0.3, -0.25) is 4.79 Å². The molecule has 0 saturated carbocycles. The molecule has 0 aromatic carbocycles. The van der Waals surface area contributed by atoms with E-state index in [-0.39, 0.29) is 13.0 Å². The fraction of sp³-hybridized carbons (Fsp3) is 0.833. The molecule has 0 fully saturated rings. The highest BCUT2D eigenvalue weighted by Crippen LogP contribution is 1.85. The first-order valence-electron chi connectivity index (χ1n) is 6.23. The highest BCUT2D eigenvalue weighted by molar-refractivity contribution is 5.66. The Balaban J connectivity index is 2.95. The number of ether oxygens (including phenoxy) is 4. The molecule has 0 aliphatic heterocycles. The van der Waals surface area contributed by atoms with Crippen molar-refractivity contribution in [3.63, 3.8) is 0 Å². The second-order valence-corrected chi connectivity index (χ2v) is 3.55. The minimum atomic E-state index is -0.871. The third-order valence-electron chi connectivity index (χ3n) is 1.96. The standard InChI is InChI=1S/C12H22O7/c13-3-1-4-16-6-8-18-10-11-19-9-7-17-5-2-12(14)15/h3H,1-2,4-11H2,(H,14,15). The summed E-state index contributed by atoms with van der Waals surface area (Å²) in [5, 5.41) is 8.35. The quantitative estimate of drug-likeness (QED) is 0.336. The second kappa shape index (κ2) is 15.0. The molecule has 0 aliphatic rings. The van der Waals surface area contributed by atoms with Crippen molar-refractivity contribution in [3.8, 4) is 0 Å². The van der Waals surface area contributed by atoms with Crippen molar-refractivity contribution < 1.29 is 33.6 Å². The Kier molecular flexibility index (Phi) is 14.2. The first kappa shape index (κ1) is 18.0. The molecule has 0 aromatic heterocycles. The van der Waals surface area contributed by atoms with Crippen molar-refractivity contribution >= 4 is 12.3 Å². The van der Waals surface area contributed by atoms with Crippen molar-refractivity contribution in [2.75, 3.05) is 52.9 Å². The van der Waals surface area contributed by atoms with E-state index in [0.717, 1.165) is 6.29 Å². The molecule has 112 valence electrons. The third-order valence-corrected chi connectivity index (χ3v) is 1.96. The summed E-state index contributed by atoms with van der Waals surface area (Å²) < 4.78 is 20.5. The fourth-order valence-electron chi connectivity index (χ4n) is 1.05. The van der Waals surface area contributed by atoms with Crippen LogP contribution in [-0.2, 0) is 28.5 Å². The molecular formula is C12H22O7. The number of carboxylic acid groups (broad SMARTS) is 1. The zero-order chi connectivity index (χ0) is 14.2. The van der Waals surface area contributed by atoms with E-state index in [0.29, 0.717) is 52.7 Å². The number of carbonyl (C=O) groups excluding carboxylic acids is 1. The molecule has 19 heavy (non-hydrogen) atoms. The van der Waals surface area contributed by atoms with Gasteiger partial charge >= 0.3 is 5.97 Å². The van der Waals surface area contributed by atoms with Crippen LogP contribution in [0.4, 0.5) is 0 Å². The van der Waals surface area contributed by atoms with Crippen LogP contribution in [0.25, 0.3) is 0 Å². The van der Waals surface area contributed by atoms with Crippen LogP contribution in [0.1, 0.15) is 12.8 Å². The van der Waals surface area contributed by atoms with Crippen LogP contribution in [0.3, 0.4) is 0 Å². The number of aliphatic carboxylic acids is 1. The number of hydrogen-bond donors (Lipinski definition) is 1. The predicted molar refractivity (Wildman–Crippen MR) is 66.2 cm³/mol. The van der Waals surface area contributed by atoms with Gasteiger partial charge in [0.15, 0.2) is 0 Å². The van der Waals surface area contributed by atoms with Gasteiger partial charge in [-0.25, -0.2) is 0 Å². The lowest BCUT2D eigenvalue weighted by Gasteiger charge is -2.06. The van der Waals surface area contributed by atoms with Crippen molar-refractivity contribution in [3.05, 3.63) is 0 Å². The largest absolute Gasteiger partial charge is 0.481 e. The van der Waals surface area contributed by atoms with Gasteiger partial charge in [-0.1, -0.05) is 0 Å². The van der Waals surface area contributed by atoms with E-state index in [1.807, 2.05) is 0 Å². The van der Waals surface area contributed by atoms with Crippen LogP contribution in [0.15, 0.2) is 0 Å². The molecule has 0 bridgehead atoms. The van der Waals surface area contributed by atoms with Crippen LogP contribution >= 0.6 is 0 Å². The first-order chi connectivity index (χ1) is 9.27. The summed E-state index contributed by atoms with van der Waals surface area (Å²) in [7, 11) is 0. The van der Waals surface area contributed by atoms with E-state index in [4.69, 9.17) is 24.1 Å². The van der Waals surface area contributed by atoms with Crippen molar-refractivity contribution in [1.82, 2.24) is 0 Å². The van der Waals surface area contributed by atoms with Gasteiger partial charge in [-0.05, 0) is 0 Å². The Morgan fingerprint density at radius 2 is 1.21 bits per heavy atom. The van der Waals surface area contributed by atoms with Gasteiger partial charge < -0.3 is 28.8 Å². The summed E-state index contributed by atoms with van der Waals surface area (Å²) in [6.07, 6.45) is 1.23. The Bertz CT molecular complexity index is 220. The lowest BCUT2D eigenvalue weighted by atomic mass is 10.5. The molecule has 1 N–H and O–H groups in total. The Labute approximate surface area is 112 Å². The average molecular weight is 278 g/mol. The molecule has 0 amide bonds. The van der Waals surface area contributed by atoms with Gasteiger partial charge in [0.05, 0.1) is 59.3 Å². The zero-order valence-corrected chi connectivity index (χ0v) is 11.0. The maximum atomic E-state index is 10.2. The minimum Gasteiger partial charge on any atom is -0.481 e. The maximum Gasteiger partial charge on any atom is 0.305 e. The highest BCUT2D eigenvalue weighted by Gasteiger charge is 1.96.